The zero-order chi connectivity index (χ0) is 15.5. The molecule has 0 atom stereocenters. The fraction of sp³-hybridized carbons (Fsp3) is 0.412. The van der Waals surface area contributed by atoms with Crippen LogP contribution in [0.25, 0.3) is 5.69 Å². The second kappa shape index (κ2) is 6.57. The average molecular weight is 316 g/mol. The van der Waals surface area contributed by atoms with E-state index in [4.69, 9.17) is 4.74 Å². The normalized spacial score (nSPS) is 13.2. The maximum Gasteiger partial charge on any atom is 0.353 e. The number of rotatable bonds is 5. The van der Waals surface area contributed by atoms with Gasteiger partial charge in [0.15, 0.2) is 0 Å². The summed E-state index contributed by atoms with van der Waals surface area (Å²) in [4.78, 5) is 16.8. The quantitative estimate of drug-likeness (QED) is 0.627. The van der Waals surface area contributed by atoms with Gasteiger partial charge in [-0.15, -0.1) is 11.8 Å². The Kier molecular flexibility index (Phi) is 4.52. The molecule has 1 aromatic carbocycles. The highest BCUT2D eigenvalue weighted by Gasteiger charge is 2.22. The van der Waals surface area contributed by atoms with E-state index in [0.717, 1.165) is 47.2 Å². The summed E-state index contributed by atoms with van der Waals surface area (Å²) in [7, 11) is 0. The number of hydrogen-bond donors (Lipinski definition) is 0. The lowest BCUT2D eigenvalue weighted by Gasteiger charge is -2.14. The van der Waals surface area contributed by atoms with Gasteiger partial charge in [-0.3, -0.25) is 4.57 Å². The van der Waals surface area contributed by atoms with Crippen molar-refractivity contribution in [2.75, 3.05) is 12.4 Å². The molecule has 0 N–H and O–H groups in total. The Balaban J connectivity index is 2.07. The van der Waals surface area contributed by atoms with Gasteiger partial charge in [0.05, 0.1) is 12.3 Å². The zero-order valence-electron chi connectivity index (χ0n) is 13.0. The van der Waals surface area contributed by atoms with Crippen LogP contribution in [0.5, 0.6) is 5.75 Å². The summed E-state index contributed by atoms with van der Waals surface area (Å²) in [6, 6.07) is 7.67. The van der Waals surface area contributed by atoms with Gasteiger partial charge in [-0.25, -0.2) is 4.79 Å². The van der Waals surface area contributed by atoms with Crippen LogP contribution in [0, 0.1) is 0 Å². The summed E-state index contributed by atoms with van der Waals surface area (Å²) >= 11 is 1.66. The van der Waals surface area contributed by atoms with Gasteiger partial charge in [-0.2, -0.15) is 4.98 Å². The summed E-state index contributed by atoms with van der Waals surface area (Å²) in [6.07, 6.45) is 3.05. The van der Waals surface area contributed by atoms with Crippen LogP contribution >= 0.6 is 11.8 Å². The SMILES string of the molecule is CCOc1ccc(-n2c3c(c(SCC)nc2=O)CCC3)cc1. The van der Waals surface area contributed by atoms with Crippen molar-refractivity contribution in [3.05, 3.63) is 46.0 Å². The van der Waals surface area contributed by atoms with Crippen LogP contribution in [0.4, 0.5) is 0 Å². The molecule has 0 aliphatic heterocycles. The van der Waals surface area contributed by atoms with Crippen molar-refractivity contribution in [1.29, 1.82) is 0 Å². The molecule has 0 bridgehead atoms. The fourth-order valence-electron chi connectivity index (χ4n) is 2.91. The fourth-order valence-corrected chi connectivity index (χ4v) is 3.72. The molecule has 4 nitrogen and oxygen atoms in total. The number of fused-ring (bicyclic) bond motifs is 1. The summed E-state index contributed by atoms with van der Waals surface area (Å²) in [5.41, 5.74) is 3.06. The van der Waals surface area contributed by atoms with Crippen molar-refractivity contribution >= 4 is 11.8 Å². The summed E-state index contributed by atoms with van der Waals surface area (Å²) in [5, 5.41) is 0.919. The van der Waals surface area contributed by atoms with E-state index in [9.17, 15) is 4.79 Å². The molecule has 0 spiro atoms. The van der Waals surface area contributed by atoms with Crippen LogP contribution in [-0.2, 0) is 12.8 Å². The highest BCUT2D eigenvalue weighted by atomic mass is 32.2. The molecule has 1 heterocycles. The first-order chi connectivity index (χ1) is 10.7. The van der Waals surface area contributed by atoms with Crippen molar-refractivity contribution < 1.29 is 4.74 Å². The molecule has 0 saturated carbocycles. The number of nitrogens with zero attached hydrogens (tertiary/aromatic N) is 2. The van der Waals surface area contributed by atoms with Crippen LogP contribution in [0.3, 0.4) is 0 Å². The van der Waals surface area contributed by atoms with Crippen molar-refractivity contribution in [1.82, 2.24) is 9.55 Å². The van der Waals surface area contributed by atoms with Gasteiger partial charge >= 0.3 is 5.69 Å². The largest absolute Gasteiger partial charge is 0.494 e. The maximum absolute atomic E-state index is 12.5. The third kappa shape index (κ3) is 2.77. The molecule has 0 amide bonds. The highest BCUT2D eigenvalue weighted by molar-refractivity contribution is 7.99. The van der Waals surface area contributed by atoms with Crippen LogP contribution < -0.4 is 10.4 Å². The summed E-state index contributed by atoms with van der Waals surface area (Å²) in [5.74, 6) is 1.76. The van der Waals surface area contributed by atoms with Crippen molar-refractivity contribution in [2.24, 2.45) is 0 Å². The van der Waals surface area contributed by atoms with Gasteiger partial charge in [-0.05, 0) is 56.2 Å². The number of thioether (sulfide) groups is 1. The smallest absolute Gasteiger partial charge is 0.353 e. The Bertz CT molecular complexity index is 723. The minimum atomic E-state index is -0.180. The van der Waals surface area contributed by atoms with E-state index < -0.39 is 0 Å². The minimum Gasteiger partial charge on any atom is -0.494 e. The topological polar surface area (TPSA) is 44.1 Å². The second-order valence-corrected chi connectivity index (χ2v) is 6.43. The first-order valence-electron chi connectivity index (χ1n) is 7.75. The van der Waals surface area contributed by atoms with E-state index in [0.29, 0.717) is 6.61 Å². The predicted octanol–water partition coefficient (Wildman–Crippen LogP) is 3.23. The molecule has 116 valence electrons. The molecule has 5 heteroatoms. The van der Waals surface area contributed by atoms with Gasteiger partial charge < -0.3 is 4.74 Å². The maximum atomic E-state index is 12.5. The lowest BCUT2D eigenvalue weighted by Crippen LogP contribution is -2.25. The number of benzene rings is 1. The van der Waals surface area contributed by atoms with Crippen molar-refractivity contribution in [3.8, 4) is 11.4 Å². The first-order valence-corrected chi connectivity index (χ1v) is 8.74. The Labute approximate surface area is 134 Å². The van der Waals surface area contributed by atoms with Crippen LogP contribution in [0.2, 0.25) is 0 Å². The molecule has 1 aliphatic carbocycles. The molecular weight excluding hydrogens is 296 g/mol. The van der Waals surface area contributed by atoms with Crippen molar-refractivity contribution in [3.63, 3.8) is 0 Å². The van der Waals surface area contributed by atoms with Crippen LogP contribution in [0.15, 0.2) is 34.1 Å². The third-order valence-corrected chi connectivity index (χ3v) is 4.69. The molecule has 0 saturated heterocycles. The Morgan fingerprint density at radius 2 is 2.00 bits per heavy atom. The molecule has 22 heavy (non-hydrogen) atoms. The van der Waals surface area contributed by atoms with E-state index in [1.165, 1.54) is 5.56 Å². The molecule has 0 radical (unpaired) electrons. The highest BCUT2D eigenvalue weighted by Crippen LogP contribution is 2.30. The Morgan fingerprint density at radius 1 is 1.23 bits per heavy atom. The van der Waals surface area contributed by atoms with Gasteiger partial charge in [-0.1, -0.05) is 6.92 Å². The number of aromatic nitrogens is 2. The van der Waals surface area contributed by atoms with E-state index in [1.807, 2.05) is 31.2 Å². The van der Waals surface area contributed by atoms with Gasteiger partial charge in [0.1, 0.15) is 10.8 Å². The zero-order valence-corrected chi connectivity index (χ0v) is 13.8. The summed E-state index contributed by atoms with van der Waals surface area (Å²) < 4.78 is 7.23. The summed E-state index contributed by atoms with van der Waals surface area (Å²) in [6.45, 7) is 4.68. The lowest BCUT2D eigenvalue weighted by molar-refractivity contribution is 0.340. The standard InChI is InChI=1S/C17H20N2O2S/c1-3-21-13-10-8-12(9-11-13)19-15-7-5-6-14(15)16(22-4-2)18-17(19)20/h8-11H,3-7H2,1-2H3. The minimum absolute atomic E-state index is 0.180. The van der Waals surface area contributed by atoms with Gasteiger partial charge in [0.25, 0.3) is 0 Å². The van der Waals surface area contributed by atoms with Crippen LogP contribution in [0.1, 0.15) is 31.5 Å². The Hall–Kier alpha value is -1.75. The molecule has 1 aliphatic rings. The molecular formula is C17H20N2O2S. The van der Waals surface area contributed by atoms with Gasteiger partial charge in [0, 0.05) is 11.3 Å². The molecule has 1 aromatic heterocycles. The van der Waals surface area contributed by atoms with E-state index >= 15 is 0 Å². The molecule has 0 fully saturated rings. The Morgan fingerprint density at radius 3 is 2.68 bits per heavy atom. The number of hydrogen-bond acceptors (Lipinski definition) is 4. The number of ether oxygens (including phenoxy) is 1. The molecule has 3 rings (SSSR count). The van der Waals surface area contributed by atoms with Crippen LogP contribution in [-0.4, -0.2) is 21.9 Å². The van der Waals surface area contributed by atoms with E-state index in [-0.39, 0.29) is 5.69 Å². The van der Waals surface area contributed by atoms with Gasteiger partial charge in [0.2, 0.25) is 0 Å². The van der Waals surface area contributed by atoms with Crippen molar-refractivity contribution in [2.45, 2.75) is 38.1 Å². The first kappa shape index (κ1) is 15.2. The molecule has 2 aromatic rings. The molecule has 0 unspecified atom stereocenters. The van der Waals surface area contributed by atoms with E-state index in [2.05, 4.69) is 11.9 Å². The second-order valence-electron chi connectivity index (χ2n) is 5.17. The monoisotopic (exact) mass is 316 g/mol. The lowest BCUT2D eigenvalue weighted by atomic mass is 10.2. The third-order valence-electron chi connectivity index (χ3n) is 3.79. The average Bonchev–Trinajstić information content (AvgIpc) is 2.99. The predicted molar refractivity (Wildman–Crippen MR) is 89.4 cm³/mol. The van der Waals surface area contributed by atoms with E-state index in [1.54, 1.807) is 16.3 Å².